The lowest BCUT2D eigenvalue weighted by Crippen LogP contribution is -1.91. The minimum Gasteiger partial charge on any atom is -0.204 e. The van der Waals surface area contributed by atoms with E-state index >= 15 is 0 Å². The van der Waals surface area contributed by atoms with Gasteiger partial charge in [0.2, 0.25) is 0 Å². The first-order valence-corrected chi connectivity index (χ1v) is 10.7. The van der Waals surface area contributed by atoms with Crippen LogP contribution < -0.4 is 0 Å². The van der Waals surface area contributed by atoms with Crippen molar-refractivity contribution in [2.75, 3.05) is 0 Å². The molecule has 0 atom stereocenters. The Balaban J connectivity index is 1.61. The summed E-state index contributed by atoms with van der Waals surface area (Å²) >= 11 is 0. The molecule has 31 heavy (non-hydrogen) atoms. The molecule has 0 nitrogen and oxygen atoms in total. The Morgan fingerprint density at radius 1 is 0.645 bits per heavy atom. The average Bonchev–Trinajstić information content (AvgIpc) is 2.78. The number of fused-ring (bicyclic) bond motifs is 3. The highest BCUT2D eigenvalue weighted by molar-refractivity contribution is 6.07. The van der Waals surface area contributed by atoms with Crippen molar-refractivity contribution in [1.82, 2.24) is 0 Å². The van der Waals surface area contributed by atoms with Crippen molar-refractivity contribution in [3.05, 3.63) is 94.8 Å². The maximum absolute atomic E-state index is 13.4. The zero-order valence-corrected chi connectivity index (χ0v) is 17.4. The highest BCUT2D eigenvalue weighted by Crippen LogP contribution is 2.27. The predicted molar refractivity (Wildman–Crippen MR) is 122 cm³/mol. The number of rotatable bonds is 5. The predicted octanol–water partition coefficient (Wildman–Crippen LogP) is 7.93. The van der Waals surface area contributed by atoms with Crippen LogP contribution in [0.15, 0.2) is 60.7 Å². The Labute approximate surface area is 180 Å². The lowest BCUT2D eigenvalue weighted by molar-refractivity contribution is 0.446. The van der Waals surface area contributed by atoms with E-state index in [0.29, 0.717) is 0 Å². The average molecular weight is 416 g/mol. The normalized spacial score (nSPS) is 11.0. The SMILES string of the molecule is CCCCCCc1ccc2c(ccc3cc(C#Cc4cc(F)c(F)c(F)c4)ccc32)c1. The number of halogens is 3. The van der Waals surface area contributed by atoms with Crippen LogP contribution in [0.5, 0.6) is 0 Å². The molecule has 0 spiro atoms. The third-order valence-electron chi connectivity index (χ3n) is 5.55. The molecule has 0 N–H and O–H groups in total. The smallest absolute Gasteiger partial charge is 0.194 e. The van der Waals surface area contributed by atoms with Gasteiger partial charge in [-0.2, -0.15) is 0 Å². The molecule has 0 aliphatic carbocycles. The van der Waals surface area contributed by atoms with Crippen LogP contribution in [0.25, 0.3) is 21.5 Å². The summed E-state index contributed by atoms with van der Waals surface area (Å²) < 4.78 is 39.8. The molecule has 4 rings (SSSR count). The van der Waals surface area contributed by atoms with E-state index in [2.05, 4.69) is 49.1 Å². The van der Waals surface area contributed by atoms with Gasteiger partial charge in [0.1, 0.15) is 0 Å². The summed E-state index contributed by atoms with van der Waals surface area (Å²) in [4.78, 5) is 0. The standard InChI is InChI=1S/C28H23F3/c1-2-3-4-5-6-19-9-13-24-22(15-19)11-12-23-16-20(10-14-25(23)24)7-8-21-17-26(29)28(31)27(30)18-21/h9-18H,2-6H2,1H3. The van der Waals surface area contributed by atoms with Gasteiger partial charge in [-0.1, -0.05) is 74.4 Å². The maximum Gasteiger partial charge on any atom is 0.194 e. The van der Waals surface area contributed by atoms with Crippen molar-refractivity contribution in [2.24, 2.45) is 0 Å². The van der Waals surface area contributed by atoms with Gasteiger partial charge in [-0.15, -0.1) is 0 Å². The van der Waals surface area contributed by atoms with Crippen LogP contribution in [-0.2, 0) is 6.42 Å². The van der Waals surface area contributed by atoms with E-state index in [9.17, 15) is 13.2 Å². The van der Waals surface area contributed by atoms with Gasteiger partial charge in [-0.3, -0.25) is 0 Å². The molecule has 0 fully saturated rings. The van der Waals surface area contributed by atoms with Gasteiger partial charge < -0.3 is 0 Å². The highest BCUT2D eigenvalue weighted by atomic mass is 19.2. The Hall–Kier alpha value is -3.25. The number of aryl methyl sites for hydroxylation is 1. The van der Waals surface area contributed by atoms with Gasteiger partial charge in [0, 0.05) is 11.1 Å². The number of hydrogen-bond acceptors (Lipinski definition) is 0. The fraction of sp³-hybridized carbons (Fsp3) is 0.214. The second kappa shape index (κ2) is 9.27. The van der Waals surface area contributed by atoms with Crippen LogP contribution in [0.3, 0.4) is 0 Å². The molecule has 0 aliphatic heterocycles. The molecular formula is C28H23F3. The summed E-state index contributed by atoms with van der Waals surface area (Å²) in [5, 5.41) is 4.60. The lowest BCUT2D eigenvalue weighted by Gasteiger charge is -2.07. The van der Waals surface area contributed by atoms with E-state index in [4.69, 9.17) is 0 Å². The molecule has 0 saturated carbocycles. The summed E-state index contributed by atoms with van der Waals surface area (Å²) in [6.45, 7) is 2.22. The highest BCUT2D eigenvalue weighted by Gasteiger charge is 2.09. The first kappa shape index (κ1) is 21.0. The Kier molecular flexibility index (Phi) is 6.28. The van der Waals surface area contributed by atoms with Crippen LogP contribution in [0.2, 0.25) is 0 Å². The maximum atomic E-state index is 13.4. The number of hydrogen-bond donors (Lipinski definition) is 0. The second-order valence-electron chi connectivity index (χ2n) is 7.87. The van der Waals surface area contributed by atoms with E-state index in [0.717, 1.165) is 34.9 Å². The van der Waals surface area contributed by atoms with E-state index in [1.165, 1.54) is 42.0 Å². The van der Waals surface area contributed by atoms with Crippen LogP contribution in [0.1, 0.15) is 49.3 Å². The summed E-state index contributed by atoms with van der Waals surface area (Å²) in [7, 11) is 0. The van der Waals surface area contributed by atoms with Crippen molar-refractivity contribution in [2.45, 2.75) is 39.0 Å². The lowest BCUT2D eigenvalue weighted by atomic mass is 9.97. The minimum atomic E-state index is -1.48. The van der Waals surface area contributed by atoms with E-state index < -0.39 is 17.5 Å². The number of unbranched alkanes of at least 4 members (excludes halogenated alkanes) is 3. The van der Waals surface area contributed by atoms with E-state index in [1.54, 1.807) is 0 Å². The molecule has 4 aromatic carbocycles. The molecule has 0 saturated heterocycles. The molecule has 0 heterocycles. The first-order chi connectivity index (χ1) is 15.0. The summed E-state index contributed by atoms with van der Waals surface area (Å²) in [6, 6.07) is 18.5. The fourth-order valence-electron chi connectivity index (χ4n) is 3.88. The molecule has 156 valence electrons. The Bertz CT molecular complexity index is 1290. The molecule has 0 bridgehead atoms. The molecule has 0 aromatic heterocycles. The number of benzene rings is 4. The third-order valence-corrected chi connectivity index (χ3v) is 5.55. The van der Waals surface area contributed by atoms with Crippen LogP contribution in [-0.4, -0.2) is 0 Å². The van der Waals surface area contributed by atoms with Crippen molar-refractivity contribution in [3.8, 4) is 11.8 Å². The van der Waals surface area contributed by atoms with Crippen molar-refractivity contribution in [3.63, 3.8) is 0 Å². The van der Waals surface area contributed by atoms with Crippen LogP contribution >= 0.6 is 0 Å². The molecule has 0 radical (unpaired) electrons. The molecule has 4 aromatic rings. The summed E-state index contributed by atoms with van der Waals surface area (Å²) in [5.74, 6) is 1.67. The summed E-state index contributed by atoms with van der Waals surface area (Å²) in [6.07, 6.45) is 6.12. The third kappa shape index (κ3) is 4.75. The van der Waals surface area contributed by atoms with Crippen molar-refractivity contribution < 1.29 is 13.2 Å². The minimum absolute atomic E-state index is 0.0986. The van der Waals surface area contributed by atoms with Gasteiger partial charge in [0.05, 0.1) is 0 Å². The quantitative estimate of drug-likeness (QED) is 0.134. The van der Waals surface area contributed by atoms with Gasteiger partial charge >= 0.3 is 0 Å². The molecule has 0 aliphatic rings. The molecule has 3 heteroatoms. The van der Waals surface area contributed by atoms with Crippen molar-refractivity contribution >= 4 is 21.5 Å². The zero-order chi connectivity index (χ0) is 21.8. The fourth-order valence-corrected chi connectivity index (χ4v) is 3.88. The Morgan fingerprint density at radius 2 is 1.29 bits per heavy atom. The van der Waals surface area contributed by atoms with Crippen LogP contribution in [0, 0.1) is 29.3 Å². The zero-order valence-electron chi connectivity index (χ0n) is 17.4. The van der Waals surface area contributed by atoms with E-state index in [1.807, 2.05) is 18.2 Å². The molecule has 0 amide bonds. The van der Waals surface area contributed by atoms with Gasteiger partial charge in [0.15, 0.2) is 17.5 Å². The van der Waals surface area contributed by atoms with Gasteiger partial charge in [-0.05, 0) is 64.2 Å². The molecule has 0 unspecified atom stereocenters. The molecular weight excluding hydrogens is 393 g/mol. The van der Waals surface area contributed by atoms with Crippen molar-refractivity contribution in [1.29, 1.82) is 0 Å². The monoisotopic (exact) mass is 416 g/mol. The summed E-state index contributed by atoms with van der Waals surface area (Å²) in [5.41, 5.74) is 2.19. The second-order valence-corrected chi connectivity index (χ2v) is 7.87. The first-order valence-electron chi connectivity index (χ1n) is 10.7. The van der Waals surface area contributed by atoms with Crippen LogP contribution in [0.4, 0.5) is 13.2 Å². The largest absolute Gasteiger partial charge is 0.204 e. The topological polar surface area (TPSA) is 0 Å². The Morgan fingerprint density at radius 3 is 2.00 bits per heavy atom. The van der Waals surface area contributed by atoms with Gasteiger partial charge in [-0.25, -0.2) is 13.2 Å². The van der Waals surface area contributed by atoms with Gasteiger partial charge in [0.25, 0.3) is 0 Å². The van der Waals surface area contributed by atoms with E-state index in [-0.39, 0.29) is 5.56 Å².